The minimum Gasteiger partial charge on any atom is -0.477 e. The zero-order valence-electron chi connectivity index (χ0n) is 14.2. The van der Waals surface area contributed by atoms with Gasteiger partial charge in [0.1, 0.15) is 28.9 Å². The van der Waals surface area contributed by atoms with Crippen molar-refractivity contribution in [1.82, 2.24) is 15.2 Å². The van der Waals surface area contributed by atoms with Crippen LogP contribution in [0.2, 0.25) is 0 Å². The van der Waals surface area contributed by atoms with Gasteiger partial charge in [-0.1, -0.05) is 5.16 Å². The maximum Gasteiger partial charge on any atom is 0.352 e. The van der Waals surface area contributed by atoms with Gasteiger partial charge in [0, 0.05) is 22.6 Å². The zero-order valence-corrected chi connectivity index (χ0v) is 16.7. The lowest BCUT2D eigenvalue weighted by Crippen LogP contribution is -2.70. The van der Waals surface area contributed by atoms with Gasteiger partial charge < -0.3 is 21.0 Å². The number of rotatable bonds is 6. The standard InChI is InChI=1S/C15H15N5O5S3/c16-15-17-7(5-28-15)9(19-25-6-3-26-4-6)11(21)18-10-12(22)20-8(14(23)24)1-2-27-13(10)20/h1,5-6,10,13H,2-4H2,(H2,16,17)(H,18,21)(H,23,24)/t10?,13-/m0/s1. The van der Waals surface area contributed by atoms with Crippen molar-refractivity contribution in [2.75, 3.05) is 23.0 Å². The zero-order chi connectivity index (χ0) is 19.8. The Morgan fingerprint density at radius 2 is 2.21 bits per heavy atom. The molecular formula is C15H15N5O5S3. The number of oxime groups is 1. The molecule has 13 heteroatoms. The topological polar surface area (TPSA) is 147 Å². The number of carboxylic acids is 1. The number of β-lactam (4-membered cyclic amide) rings is 1. The number of carbonyl (C=O) groups is 3. The number of hydrogen-bond acceptors (Lipinski definition) is 10. The molecule has 10 nitrogen and oxygen atoms in total. The number of aliphatic carboxylic acids is 1. The maximum atomic E-state index is 12.8. The van der Waals surface area contributed by atoms with E-state index < -0.39 is 29.2 Å². The molecule has 28 heavy (non-hydrogen) atoms. The van der Waals surface area contributed by atoms with Crippen LogP contribution in [0.25, 0.3) is 0 Å². The summed E-state index contributed by atoms with van der Waals surface area (Å²) in [4.78, 5) is 47.1. The van der Waals surface area contributed by atoms with Gasteiger partial charge in [-0.25, -0.2) is 9.78 Å². The van der Waals surface area contributed by atoms with Gasteiger partial charge in [0.2, 0.25) is 0 Å². The van der Waals surface area contributed by atoms with E-state index in [1.807, 2.05) is 0 Å². The van der Waals surface area contributed by atoms with Gasteiger partial charge in [-0.05, 0) is 6.08 Å². The number of carboxylic acid groups (broad SMARTS) is 1. The third-order valence-corrected chi connectivity index (χ3v) is 7.30. The molecule has 1 aromatic heterocycles. The van der Waals surface area contributed by atoms with Crippen molar-refractivity contribution in [3.05, 3.63) is 22.8 Å². The molecule has 4 heterocycles. The molecule has 0 bridgehead atoms. The molecule has 3 aliphatic rings. The van der Waals surface area contributed by atoms with Crippen LogP contribution >= 0.6 is 34.9 Å². The number of nitrogens with one attached hydrogen (secondary N) is 1. The predicted molar refractivity (Wildman–Crippen MR) is 106 cm³/mol. The van der Waals surface area contributed by atoms with Crippen molar-refractivity contribution in [2.45, 2.75) is 17.5 Å². The summed E-state index contributed by atoms with van der Waals surface area (Å²) in [6, 6.07) is -0.846. The van der Waals surface area contributed by atoms with Crippen LogP contribution in [0.15, 0.2) is 22.3 Å². The first-order chi connectivity index (χ1) is 13.5. The fourth-order valence-corrected chi connectivity index (χ4v) is 5.04. The summed E-state index contributed by atoms with van der Waals surface area (Å²) < 4.78 is 0. The molecule has 3 aliphatic heterocycles. The highest BCUT2D eigenvalue weighted by atomic mass is 32.2. The summed E-state index contributed by atoms with van der Waals surface area (Å²) in [5, 5.41) is 17.2. The van der Waals surface area contributed by atoms with E-state index in [9.17, 15) is 19.5 Å². The largest absolute Gasteiger partial charge is 0.477 e. The highest BCUT2D eigenvalue weighted by Crippen LogP contribution is 2.37. The quantitative estimate of drug-likeness (QED) is 0.313. The number of thiazole rings is 1. The number of fused-ring (bicyclic) bond motifs is 1. The number of nitrogens with zero attached hydrogens (tertiary/aromatic N) is 3. The first kappa shape index (κ1) is 19.1. The number of nitrogen functional groups attached to an aromatic ring is 1. The van der Waals surface area contributed by atoms with Gasteiger partial charge in [-0.15, -0.1) is 23.1 Å². The molecule has 1 unspecified atom stereocenters. The van der Waals surface area contributed by atoms with Gasteiger partial charge in [0.15, 0.2) is 10.8 Å². The van der Waals surface area contributed by atoms with Crippen molar-refractivity contribution >= 4 is 63.5 Å². The number of anilines is 1. The van der Waals surface area contributed by atoms with Crippen LogP contribution < -0.4 is 11.1 Å². The van der Waals surface area contributed by atoms with Crippen LogP contribution in [-0.2, 0) is 19.2 Å². The molecule has 0 radical (unpaired) electrons. The second kappa shape index (κ2) is 7.64. The molecule has 0 saturated carbocycles. The van der Waals surface area contributed by atoms with Gasteiger partial charge in [-0.3, -0.25) is 14.5 Å². The molecule has 2 atom stereocenters. The van der Waals surface area contributed by atoms with E-state index in [1.165, 1.54) is 22.7 Å². The van der Waals surface area contributed by atoms with Gasteiger partial charge in [0.25, 0.3) is 11.8 Å². The van der Waals surface area contributed by atoms with E-state index in [2.05, 4.69) is 15.5 Å². The van der Waals surface area contributed by atoms with Gasteiger partial charge >= 0.3 is 5.97 Å². The van der Waals surface area contributed by atoms with Crippen LogP contribution in [0.1, 0.15) is 5.69 Å². The number of amides is 2. The van der Waals surface area contributed by atoms with E-state index in [1.54, 1.807) is 17.1 Å². The van der Waals surface area contributed by atoms with E-state index in [4.69, 9.17) is 10.6 Å². The lowest BCUT2D eigenvalue weighted by Gasteiger charge is -2.48. The normalized spacial score (nSPS) is 24.6. The van der Waals surface area contributed by atoms with Crippen molar-refractivity contribution in [2.24, 2.45) is 5.16 Å². The molecule has 148 valence electrons. The number of hydrogen-bond donors (Lipinski definition) is 3. The van der Waals surface area contributed by atoms with E-state index in [0.29, 0.717) is 5.75 Å². The third-order valence-electron chi connectivity index (χ3n) is 4.23. The van der Waals surface area contributed by atoms with Crippen LogP contribution in [0, 0.1) is 0 Å². The lowest BCUT2D eigenvalue weighted by atomic mass is 10.0. The summed E-state index contributed by atoms with van der Waals surface area (Å²) in [5.74, 6) is -0.257. The van der Waals surface area contributed by atoms with Crippen LogP contribution in [-0.4, -0.2) is 73.3 Å². The molecule has 1 aromatic rings. The molecule has 0 aromatic carbocycles. The average molecular weight is 442 g/mol. The Balaban J connectivity index is 1.49. The summed E-state index contributed by atoms with van der Waals surface area (Å²) >= 11 is 4.24. The summed E-state index contributed by atoms with van der Waals surface area (Å²) in [5.41, 5.74) is 5.79. The number of thioether (sulfide) groups is 2. The number of carbonyl (C=O) groups excluding carboxylic acids is 2. The second-order valence-corrected chi connectivity index (χ2v) is 9.17. The molecule has 2 amide bonds. The Bertz CT molecular complexity index is 896. The van der Waals surface area contributed by atoms with Crippen LogP contribution in [0.4, 0.5) is 5.13 Å². The molecule has 2 fully saturated rings. The summed E-state index contributed by atoms with van der Waals surface area (Å²) in [6.07, 6.45) is 1.41. The minimum atomic E-state index is -1.17. The fourth-order valence-electron chi connectivity index (χ4n) is 2.75. The fraction of sp³-hybridized carbons (Fsp3) is 0.400. The monoisotopic (exact) mass is 441 g/mol. The van der Waals surface area contributed by atoms with Crippen LogP contribution in [0.3, 0.4) is 0 Å². The number of nitrogens with two attached hydrogens (primary N) is 1. The minimum absolute atomic E-state index is 0.0637. The molecular weight excluding hydrogens is 426 g/mol. The second-order valence-electron chi connectivity index (χ2n) is 6.05. The van der Waals surface area contributed by atoms with E-state index >= 15 is 0 Å². The lowest BCUT2D eigenvalue weighted by molar-refractivity contribution is -0.150. The van der Waals surface area contributed by atoms with Gasteiger partial charge in [0.05, 0.1) is 0 Å². The Hall–Kier alpha value is -2.25. The first-order valence-electron chi connectivity index (χ1n) is 8.17. The van der Waals surface area contributed by atoms with Crippen LogP contribution in [0.5, 0.6) is 0 Å². The predicted octanol–water partition coefficient (Wildman–Crippen LogP) is -0.0702. The molecule has 4 N–H and O–H groups in total. The Morgan fingerprint density at radius 3 is 2.82 bits per heavy atom. The summed E-state index contributed by atoms with van der Waals surface area (Å²) in [6.45, 7) is 0. The molecule has 0 aliphatic carbocycles. The van der Waals surface area contributed by atoms with Crippen molar-refractivity contribution in [3.8, 4) is 0 Å². The highest BCUT2D eigenvalue weighted by molar-refractivity contribution is 8.00. The van der Waals surface area contributed by atoms with Gasteiger partial charge in [-0.2, -0.15) is 11.8 Å². The average Bonchev–Trinajstić information content (AvgIpc) is 3.06. The van der Waals surface area contributed by atoms with Crippen molar-refractivity contribution in [1.29, 1.82) is 0 Å². The SMILES string of the molecule is Nc1nc(C(=NOC2CSC2)C(=O)NC2C(=O)N3C(C(=O)O)=CCS[C@@H]23)cs1. The van der Waals surface area contributed by atoms with Crippen molar-refractivity contribution in [3.63, 3.8) is 0 Å². The van der Waals surface area contributed by atoms with E-state index in [-0.39, 0.29) is 28.3 Å². The summed E-state index contributed by atoms with van der Waals surface area (Å²) in [7, 11) is 0. The van der Waals surface area contributed by atoms with E-state index in [0.717, 1.165) is 22.8 Å². The Kier molecular flexibility index (Phi) is 5.21. The smallest absolute Gasteiger partial charge is 0.352 e. The van der Waals surface area contributed by atoms with Crippen molar-refractivity contribution < 1.29 is 24.3 Å². The third kappa shape index (κ3) is 3.44. The maximum absolute atomic E-state index is 12.8. The Labute approximate surface area is 171 Å². The Morgan fingerprint density at radius 1 is 1.43 bits per heavy atom. The molecule has 4 rings (SSSR count). The first-order valence-corrected chi connectivity index (χ1v) is 11.3. The molecule has 0 spiro atoms. The highest BCUT2D eigenvalue weighted by Gasteiger charge is 2.53. The number of aromatic nitrogens is 1. The molecule has 2 saturated heterocycles.